The van der Waals surface area contributed by atoms with Gasteiger partial charge in [0, 0.05) is 4.85 Å². The van der Waals surface area contributed by atoms with Crippen LogP contribution in [-0.2, 0) is 19.9 Å². The van der Waals surface area contributed by atoms with Crippen molar-refractivity contribution in [1.82, 2.24) is 20.0 Å². The van der Waals surface area contributed by atoms with Gasteiger partial charge in [0.05, 0.1) is 11.8 Å². The summed E-state index contributed by atoms with van der Waals surface area (Å²) in [5.74, 6) is 0.190. The van der Waals surface area contributed by atoms with Gasteiger partial charge >= 0.3 is 14.1 Å². The monoisotopic (exact) mass is 573 g/mol. The molecule has 15 nitrogen and oxygen atoms in total. The predicted octanol–water partition coefficient (Wildman–Crippen LogP) is 0.309. The summed E-state index contributed by atoms with van der Waals surface area (Å²) in [6.45, 7) is 4.73. The van der Waals surface area contributed by atoms with Gasteiger partial charge in [-0.3, -0.25) is 9.32 Å². The number of carbonyl (C=O) groups excluding carboxylic acids is 1. The molecule has 6 atom stereocenters. The number of carbonyl (C=O) groups is 1. The number of anilines is 1. The fraction of sp³-hybridized carbons (Fsp3) is 0.417. The van der Waals surface area contributed by atoms with Gasteiger partial charge in [0.1, 0.15) is 54.6 Å². The number of hydrogen-bond acceptors (Lipinski definition) is 13. The molecule has 0 aliphatic carbocycles. The Labute approximate surface area is 229 Å². The van der Waals surface area contributed by atoms with E-state index >= 15 is 0 Å². The van der Waals surface area contributed by atoms with E-state index in [4.69, 9.17) is 24.5 Å². The second kappa shape index (κ2) is 12.1. The van der Waals surface area contributed by atoms with Crippen molar-refractivity contribution >= 4 is 25.5 Å². The number of aromatic nitrogens is 3. The van der Waals surface area contributed by atoms with Crippen molar-refractivity contribution in [2.75, 3.05) is 12.3 Å². The van der Waals surface area contributed by atoms with Crippen LogP contribution >= 0.6 is 8.17 Å². The van der Waals surface area contributed by atoms with Crippen molar-refractivity contribution in [2.24, 2.45) is 4.85 Å². The number of nitriles is 1. The molecule has 2 aromatic heterocycles. The lowest BCUT2D eigenvalue weighted by Crippen LogP contribution is -2.41. The van der Waals surface area contributed by atoms with E-state index in [2.05, 4.69) is 20.4 Å². The molecule has 0 spiro atoms. The zero-order valence-electron chi connectivity index (χ0n) is 21.7. The Bertz CT molecular complexity index is 1430. The largest absolute Gasteiger partial charge is 0.574 e. The van der Waals surface area contributed by atoms with Crippen LogP contribution in [0.2, 0.25) is 0 Å². The summed E-state index contributed by atoms with van der Waals surface area (Å²) in [6.07, 6.45) is -3.22. The first-order valence-corrected chi connectivity index (χ1v) is 13.3. The van der Waals surface area contributed by atoms with Crippen LogP contribution in [-0.4, -0.2) is 67.8 Å². The van der Waals surface area contributed by atoms with E-state index in [-0.39, 0.29) is 30.0 Å². The zero-order valence-corrected chi connectivity index (χ0v) is 22.6. The molecular weight excluding hydrogens is 545 g/mol. The molecule has 5 N–H and O–H groups in total. The van der Waals surface area contributed by atoms with E-state index in [1.54, 1.807) is 19.9 Å². The Kier molecular flexibility index (Phi) is 8.79. The minimum atomic E-state index is -2.53. The van der Waals surface area contributed by atoms with Crippen LogP contribution in [0.3, 0.4) is 0 Å². The number of esters is 1. The van der Waals surface area contributed by atoms with Crippen molar-refractivity contribution in [3.8, 4) is 17.6 Å². The summed E-state index contributed by atoms with van der Waals surface area (Å²) in [6, 6.07) is 10.2. The number of aliphatic hydroxyl groups excluding tert-OH is 2. The van der Waals surface area contributed by atoms with Crippen LogP contribution in [0.15, 0.2) is 47.6 Å². The minimum Gasteiger partial charge on any atom is -0.574 e. The number of nitrogens with two attached hydrogens (primary N) is 1. The van der Waals surface area contributed by atoms with Crippen molar-refractivity contribution in [3.05, 3.63) is 48.4 Å². The molecule has 0 saturated carbocycles. The van der Waals surface area contributed by atoms with E-state index in [0.29, 0.717) is 11.3 Å². The molecule has 0 radical (unpaired) electrons. The van der Waals surface area contributed by atoms with Gasteiger partial charge in [-0.15, -0.1) is 0 Å². The van der Waals surface area contributed by atoms with Gasteiger partial charge in [-0.25, -0.2) is 9.50 Å². The van der Waals surface area contributed by atoms with Crippen LogP contribution in [0.4, 0.5) is 5.82 Å². The third kappa shape index (κ3) is 5.97. The van der Waals surface area contributed by atoms with Gasteiger partial charge in [-0.05, 0) is 57.2 Å². The Balaban J connectivity index is 1.36. The molecule has 1 aliphatic heterocycles. The highest BCUT2D eigenvalue weighted by Gasteiger charge is 2.57. The van der Waals surface area contributed by atoms with Gasteiger partial charge in [0.2, 0.25) is 5.60 Å². The van der Waals surface area contributed by atoms with Gasteiger partial charge in [-0.1, -0.05) is 0 Å². The lowest BCUT2D eigenvalue weighted by Gasteiger charge is -2.24. The summed E-state index contributed by atoms with van der Waals surface area (Å²) < 4.78 is 23.2. The first-order chi connectivity index (χ1) is 19.1. The van der Waals surface area contributed by atoms with Crippen molar-refractivity contribution in [1.29, 1.82) is 5.26 Å². The third-order valence-electron chi connectivity index (χ3n) is 5.95. The fourth-order valence-electron chi connectivity index (χ4n) is 3.96. The maximum absolute atomic E-state index is 12.1. The molecule has 1 saturated heterocycles. The van der Waals surface area contributed by atoms with Crippen LogP contribution in [0.5, 0.6) is 11.5 Å². The molecule has 2 unspecified atom stereocenters. The second-order valence-electron chi connectivity index (χ2n) is 9.15. The normalized spacial score (nSPS) is 23.6. The average Bonchev–Trinajstić information content (AvgIpc) is 3.47. The summed E-state index contributed by atoms with van der Waals surface area (Å²) in [5.41, 5.74) is 6.94. The molecule has 40 heavy (non-hydrogen) atoms. The summed E-state index contributed by atoms with van der Waals surface area (Å²) in [7, 11) is -2.53. The number of nitrogen functional groups attached to an aromatic ring is 1. The number of rotatable bonds is 10. The Hall–Kier alpha value is -3.90. The van der Waals surface area contributed by atoms with Gasteiger partial charge in [-0.2, -0.15) is 15.8 Å². The van der Waals surface area contributed by atoms with Crippen molar-refractivity contribution < 1.29 is 38.6 Å². The third-order valence-corrected chi connectivity index (χ3v) is 6.59. The number of hydrogen-bond donors (Lipinski definition) is 4. The number of ether oxygens (including phenoxy) is 3. The molecular formula is C24H28N7O8P. The standard InChI is InChI=1S/C24H28N7O8P/c1-13(2)37-23(34)14(3)29-30-40(35)39-16-6-4-15(5-7-16)36-10-18-20(32)21(33)24(11-25,38-18)19-9-8-17-22(26)27-12-28-31(17)19/h4-9,12-14,18,20-21,29,32-33H,10H2,1-3H3,(H2,26,27,28)/t14?,18-,20-,21-,24+/m1/s1. The number of fused-ring (bicyclic) bond motifs is 1. The highest BCUT2D eigenvalue weighted by Crippen LogP contribution is 2.40. The maximum Gasteiger partial charge on any atom is 0.412 e. The fourth-order valence-corrected chi connectivity index (χ4v) is 4.57. The highest BCUT2D eigenvalue weighted by molar-refractivity contribution is 7.33. The zero-order chi connectivity index (χ0) is 29.0. The lowest BCUT2D eigenvalue weighted by molar-refractivity contribution is -0.169. The number of nitrogens with zero attached hydrogens (tertiary/aromatic N) is 5. The Morgan fingerprint density at radius 2 is 2.00 bits per heavy atom. The molecule has 1 aliphatic rings. The van der Waals surface area contributed by atoms with E-state index in [1.807, 2.05) is 6.07 Å². The van der Waals surface area contributed by atoms with E-state index in [1.165, 1.54) is 48.1 Å². The van der Waals surface area contributed by atoms with Crippen LogP contribution < -0.4 is 25.3 Å². The molecule has 16 heteroatoms. The molecule has 0 bridgehead atoms. The van der Waals surface area contributed by atoms with E-state index < -0.39 is 44.1 Å². The molecule has 3 aromatic rings. The van der Waals surface area contributed by atoms with Crippen LogP contribution in [0, 0.1) is 11.3 Å². The number of benzene rings is 1. The van der Waals surface area contributed by atoms with Crippen molar-refractivity contribution in [2.45, 2.75) is 56.8 Å². The summed E-state index contributed by atoms with van der Waals surface area (Å²) in [5, 5.41) is 35.6. The predicted molar refractivity (Wildman–Crippen MR) is 137 cm³/mol. The maximum atomic E-state index is 12.1. The number of nitrogens with one attached hydrogen (secondary N) is 1. The quantitative estimate of drug-likeness (QED) is 0.146. The Morgan fingerprint density at radius 1 is 1.30 bits per heavy atom. The lowest BCUT2D eigenvalue weighted by atomic mass is 9.92. The summed E-state index contributed by atoms with van der Waals surface area (Å²) >= 11 is 0. The highest BCUT2D eigenvalue weighted by atomic mass is 31.1. The summed E-state index contributed by atoms with van der Waals surface area (Å²) in [4.78, 5) is 31.4. The molecule has 212 valence electrons. The first kappa shape index (κ1) is 29.1. The van der Waals surface area contributed by atoms with E-state index in [9.17, 15) is 25.2 Å². The molecule has 1 aromatic carbocycles. The molecule has 0 amide bonds. The SMILES string of the molecule is CC(C)OC(=O)C(C)N/N=[P+](\[O-])Oc1ccc(OC[C@H]2O[C@@](C#N)(c3ccc4c(N)ncnn34)[C@H](O)[C@@H]2O)cc1. The topological polar surface area (TPSA) is 222 Å². The molecule has 3 heterocycles. The molecule has 1 fully saturated rings. The molecule has 4 rings (SSSR count). The minimum absolute atomic E-state index is 0.171. The number of aliphatic hydroxyl groups is 2. The van der Waals surface area contributed by atoms with Gasteiger partial charge in [0.25, 0.3) is 0 Å². The second-order valence-corrected chi connectivity index (χ2v) is 10.0. The first-order valence-electron chi connectivity index (χ1n) is 12.1. The van der Waals surface area contributed by atoms with Crippen LogP contribution in [0.1, 0.15) is 26.5 Å². The average molecular weight is 574 g/mol. The van der Waals surface area contributed by atoms with Crippen molar-refractivity contribution in [3.63, 3.8) is 0 Å². The van der Waals surface area contributed by atoms with Gasteiger partial charge < -0.3 is 35.1 Å². The van der Waals surface area contributed by atoms with Gasteiger partial charge in [0.15, 0.2) is 11.6 Å². The van der Waals surface area contributed by atoms with E-state index in [0.717, 1.165) is 0 Å². The smallest absolute Gasteiger partial charge is 0.412 e. The van der Waals surface area contributed by atoms with Crippen LogP contribution in [0.25, 0.3) is 5.52 Å². The Morgan fingerprint density at radius 3 is 2.67 bits per heavy atom.